The third-order valence-corrected chi connectivity index (χ3v) is 5.35. The molecule has 0 bridgehead atoms. The second kappa shape index (κ2) is 13.1. The first-order valence-electron chi connectivity index (χ1n) is 11.1. The highest BCUT2D eigenvalue weighted by atomic mass is 16.5. The first-order chi connectivity index (χ1) is 15.4. The van der Waals surface area contributed by atoms with Gasteiger partial charge in [-0.1, -0.05) is 0 Å². The normalized spacial score (nSPS) is 14.8. The zero-order valence-electron chi connectivity index (χ0n) is 19.9. The second-order valence-corrected chi connectivity index (χ2v) is 8.08. The Morgan fingerprint density at radius 1 is 1.06 bits per heavy atom. The number of ether oxygens (including phenoxy) is 4. The molecule has 1 saturated heterocycles. The predicted octanol–water partition coefficient (Wildman–Crippen LogP) is 2.29. The van der Waals surface area contributed by atoms with Crippen LogP contribution in [-0.2, 0) is 14.3 Å². The molecule has 1 fully saturated rings. The quantitative estimate of drug-likeness (QED) is 0.471. The molecule has 9 heteroatoms. The topological polar surface area (TPSA) is 98.4 Å². The maximum atomic E-state index is 12.5. The van der Waals surface area contributed by atoms with Crippen LogP contribution in [0.15, 0.2) is 12.1 Å². The number of amides is 2. The fraction of sp³-hybridized carbons (Fsp3) is 0.652. The van der Waals surface area contributed by atoms with E-state index in [0.717, 1.165) is 19.3 Å². The van der Waals surface area contributed by atoms with Crippen LogP contribution in [0.25, 0.3) is 0 Å². The van der Waals surface area contributed by atoms with Gasteiger partial charge in [0.05, 0.1) is 34.0 Å². The Morgan fingerprint density at radius 2 is 1.69 bits per heavy atom. The van der Waals surface area contributed by atoms with Crippen LogP contribution in [0.2, 0.25) is 0 Å². The second-order valence-electron chi connectivity index (χ2n) is 8.08. The molecular formula is C23H37N3O6. The van der Waals surface area contributed by atoms with Gasteiger partial charge in [-0.2, -0.15) is 0 Å². The Morgan fingerprint density at radius 3 is 2.22 bits per heavy atom. The Balaban J connectivity index is 1.76. The van der Waals surface area contributed by atoms with Crippen molar-refractivity contribution in [2.75, 3.05) is 59.4 Å². The molecule has 1 aliphatic heterocycles. The summed E-state index contributed by atoms with van der Waals surface area (Å²) in [6.45, 7) is 6.95. The molecule has 2 rings (SSSR count). The van der Waals surface area contributed by atoms with Crippen molar-refractivity contribution >= 4 is 17.5 Å². The average Bonchev–Trinajstić information content (AvgIpc) is 2.78. The number of benzene rings is 1. The van der Waals surface area contributed by atoms with Gasteiger partial charge in [0.2, 0.25) is 17.6 Å². The maximum absolute atomic E-state index is 12.5. The fourth-order valence-electron chi connectivity index (χ4n) is 3.66. The summed E-state index contributed by atoms with van der Waals surface area (Å²) in [7, 11) is 4.59. The first kappa shape index (κ1) is 25.7. The number of piperidine rings is 1. The van der Waals surface area contributed by atoms with Crippen molar-refractivity contribution in [3.63, 3.8) is 0 Å². The third-order valence-electron chi connectivity index (χ3n) is 5.35. The minimum atomic E-state index is -0.132. The van der Waals surface area contributed by atoms with Gasteiger partial charge in [0.15, 0.2) is 11.5 Å². The Hall–Kier alpha value is -2.52. The molecule has 1 aliphatic rings. The van der Waals surface area contributed by atoms with Gasteiger partial charge in [-0.3, -0.25) is 14.5 Å². The summed E-state index contributed by atoms with van der Waals surface area (Å²) in [5, 5.41) is 5.88. The van der Waals surface area contributed by atoms with E-state index in [0.29, 0.717) is 49.2 Å². The van der Waals surface area contributed by atoms with Crippen LogP contribution >= 0.6 is 0 Å². The molecule has 1 aromatic carbocycles. The number of anilines is 1. The van der Waals surface area contributed by atoms with Gasteiger partial charge >= 0.3 is 0 Å². The number of carbonyl (C=O) groups is 2. The van der Waals surface area contributed by atoms with Crippen molar-refractivity contribution in [2.24, 2.45) is 5.92 Å². The van der Waals surface area contributed by atoms with Crippen molar-refractivity contribution in [3.8, 4) is 17.2 Å². The van der Waals surface area contributed by atoms with Gasteiger partial charge in [-0.15, -0.1) is 0 Å². The molecule has 0 unspecified atom stereocenters. The first-order valence-corrected chi connectivity index (χ1v) is 11.1. The van der Waals surface area contributed by atoms with Gasteiger partial charge in [-0.05, 0) is 46.2 Å². The number of hydrogen-bond donors (Lipinski definition) is 2. The van der Waals surface area contributed by atoms with Crippen molar-refractivity contribution in [3.05, 3.63) is 12.1 Å². The van der Waals surface area contributed by atoms with Crippen molar-refractivity contribution in [1.29, 1.82) is 0 Å². The van der Waals surface area contributed by atoms with E-state index < -0.39 is 0 Å². The number of hydrogen-bond acceptors (Lipinski definition) is 7. The predicted molar refractivity (Wildman–Crippen MR) is 123 cm³/mol. The van der Waals surface area contributed by atoms with E-state index in [1.165, 1.54) is 21.3 Å². The van der Waals surface area contributed by atoms with Crippen molar-refractivity contribution in [2.45, 2.75) is 39.2 Å². The summed E-state index contributed by atoms with van der Waals surface area (Å²) in [5.74, 6) is 1.38. The highest BCUT2D eigenvalue weighted by Gasteiger charge is 2.26. The Bertz CT molecular complexity index is 722. The van der Waals surface area contributed by atoms with Crippen LogP contribution in [0, 0.1) is 5.92 Å². The standard InChI is InChI=1S/C23H37N3O6/c1-16(2)32-12-6-9-24-23(28)17-7-10-26(11-8-17)15-21(27)25-18-13-19(29-3)22(31-5)20(14-18)30-4/h13-14,16-17H,6-12,15H2,1-5H3,(H,24,28)(H,25,27). The molecule has 0 radical (unpaired) electrons. The average molecular weight is 452 g/mol. The molecule has 2 N–H and O–H groups in total. The summed E-state index contributed by atoms with van der Waals surface area (Å²) in [6, 6.07) is 3.39. The van der Waals surface area contributed by atoms with Gasteiger partial charge in [-0.25, -0.2) is 0 Å². The largest absolute Gasteiger partial charge is 0.493 e. The zero-order chi connectivity index (χ0) is 23.5. The molecular weight excluding hydrogens is 414 g/mol. The van der Waals surface area contributed by atoms with E-state index in [1.807, 2.05) is 13.8 Å². The molecule has 32 heavy (non-hydrogen) atoms. The zero-order valence-corrected chi connectivity index (χ0v) is 19.9. The Labute approximate surface area is 190 Å². The molecule has 0 atom stereocenters. The van der Waals surface area contributed by atoms with Gasteiger partial charge in [0, 0.05) is 36.9 Å². The van der Waals surface area contributed by atoms with E-state index in [2.05, 4.69) is 15.5 Å². The summed E-state index contributed by atoms with van der Waals surface area (Å²) in [6.07, 6.45) is 2.50. The fourth-order valence-corrected chi connectivity index (χ4v) is 3.66. The minimum Gasteiger partial charge on any atom is -0.493 e. The SMILES string of the molecule is COc1cc(NC(=O)CN2CCC(C(=O)NCCCOC(C)C)CC2)cc(OC)c1OC. The number of methoxy groups -OCH3 is 3. The van der Waals surface area contributed by atoms with Gasteiger partial charge in [0.25, 0.3) is 0 Å². The van der Waals surface area contributed by atoms with Gasteiger partial charge in [0.1, 0.15) is 0 Å². The van der Waals surface area contributed by atoms with Crippen LogP contribution in [0.4, 0.5) is 5.69 Å². The molecule has 1 aromatic rings. The number of nitrogens with zero attached hydrogens (tertiary/aromatic N) is 1. The number of rotatable bonds is 12. The lowest BCUT2D eigenvalue weighted by Crippen LogP contribution is -2.43. The lowest BCUT2D eigenvalue weighted by Gasteiger charge is -2.30. The molecule has 9 nitrogen and oxygen atoms in total. The summed E-state index contributed by atoms with van der Waals surface area (Å²) in [4.78, 5) is 27.0. The van der Waals surface area contributed by atoms with E-state index in [1.54, 1.807) is 12.1 Å². The summed E-state index contributed by atoms with van der Waals surface area (Å²) < 4.78 is 21.4. The molecule has 2 amide bonds. The van der Waals surface area contributed by atoms with Crippen LogP contribution in [0.5, 0.6) is 17.2 Å². The van der Waals surface area contributed by atoms with E-state index in [4.69, 9.17) is 18.9 Å². The molecule has 1 heterocycles. The van der Waals surface area contributed by atoms with E-state index in [-0.39, 0.29) is 30.4 Å². The van der Waals surface area contributed by atoms with E-state index >= 15 is 0 Å². The van der Waals surface area contributed by atoms with Crippen LogP contribution in [0.3, 0.4) is 0 Å². The highest BCUT2D eigenvalue weighted by molar-refractivity contribution is 5.93. The molecule has 0 aromatic heterocycles. The van der Waals surface area contributed by atoms with Crippen LogP contribution < -0.4 is 24.8 Å². The lowest BCUT2D eigenvalue weighted by atomic mass is 9.96. The minimum absolute atomic E-state index is 0.00422. The van der Waals surface area contributed by atoms with Crippen molar-refractivity contribution in [1.82, 2.24) is 10.2 Å². The van der Waals surface area contributed by atoms with Crippen molar-refractivity contribution < 1.29 is 28.5 Å². The van der Waals surface area contributed by atoms with Crippen LogP contribution in [-0.4, -0.2) is 76.9 Å². The van der Waals surface area contributed by atoms with Crippen LogP contribution in [0.1, 0.15) is 33.1 Å². The molecule has 0 aliphatic carbocycles. The number of nitrogens with one attached hydrogen (secondary N) is 2. The molecule has 0 spiro atoms. The maximum Gasteiger partial charge on any atom is 0.238 e. The highest BCUT2D eigenvalue weighted by Crippen LogP contribution is 2.39. The van der Waals surface area contributed by atoms with Gasteiger partial charge < -0.3 is 29.6 Å². The summed E-state index contributed by atoms with van der Waals surface area (Å²) >= 11 is 0. The third kappa shape index (κ3) is 7.87. The smallest absolute Gasteiger partial charge is 0.238 e. The molecule has 180 valence electrons. The summed E-state index contributed by atoms with van der Waals surface area (Å²) in [5.41, 5.74) is 0.570. The van der Waals surface area contributed by atoms with E-state index in [9.17, 15) is 9.59 Å². The lowest BCUT2D eigenvalue weighted by molar-refractivity contribution is -0.126. The molecule has 0 saturated carbocycles. The Kier molecular flexibility index (Phi) is 10.6. The number of likely N-dealkylation sites (tertiary alicyclic amines) is 1. The monoisotopic (exact) mass is 451 g/mol. The number of carbonyl (C=O) groups excluding carboxylic acids is 2.